The molecule has 1 unspecified atom stereocenters. The van der Waals surface area contributed by atoms with E-state index in [0.717, 1.165) is 0 Å². The summed E-state index contributed by atoms with van der Waals surface area (Å²) in [7, 11) is 0. The van der Waals surface area contributed by atoms with Crippen LogP contribution < -0.4 is 0 Å². The lowest BCUT2D eigenvalue weighted by atomic mass is 9.91. The summed E-state index contributed by atoms with van der Waals surface area (Å²) < 4.78 is 25.6. The zero-order valence-corrected chi connectivity index (χ0v) is 10.4. The molecule has 1 aromatic rings. The van der Waals surface area contributed by atoms with Gasteiger partial charge in [0, 0.05) is 5.56 Å². The quantitative estimate of drug-likeness (QED) is 0.866. The number of halogens is 2. The summed E-state index contributed by atoms with van der Waals surface area (Å²) in [5, 5.41) is 18.7. The third-order valence-electron chi connectivity index (χ3n) is 2.93. The first-order valence-corrected chi connectivity index (χ1v) is 5.63. The predicted molar refractivity (Wildman–Crippen MR) is 63.2 cm³/mol. The predicted octanol–water partition coefficient (Wildman–Crippen LogP) is 3.64. The van der Waals surface area contributed by atoms with Crippen molar-refractivity contribution in [1.29, 1.82) is 0 Å². The molecule has 0 heterocycles. The van der Waals surface area contributed by atoms with Gasteiger partial charge in [-0.3, -0.25) is 4.79 Å². The number of carboxylic acid groups (broad SMARTS) is 1. The minimum absolute atomic E-state index is 0.0251. The number of phenolic OH excluding ortho intramolecular Hbond substituents is 1. The van der Waals surface area contributed by atoms with E-state index < -0.39 is 29.6 Å². The molecule has 18 heavy (non-hydrogen) atoms. The molecule has 0 spiro atoms. The van der Waals surface area contributed by atoms with Crippen molar-refractivity contribution in [2.45, 2.75) is 39.0 Å². The van der Waals surface area contributed by atoms with Crippen LogP contribution in [0.3, 0.4) is 0 Å². The maximum Gasteiger partial charge on any atom is 0.310 e. The number of carboxylic acids is 1. The molecule has 3 nitrogen and oxygen atoms in total. The van der Waals surface area contributed by atoms with E-state index in [9.17, 15) is 18.7 Å². The summed E-state index contributed by atoms with van der Waals surface area (Å²) in [5.74, 6) is -2.83. The van der Waals surface area contributed by atoms with Crippen molar-refractivity contribution < 1.29 is 23.8 Å². The van der Waals surface area contributed by atoms with Gasteiger partial charge in [0.1, 0.15) is 5.75 Å². The second-order valence-corrected chi connectivity index (χ2v) is 4.56. The Labute approximate surface area is 104 Å². The average molecular weight is 258 g/mol. The molecule has 0 saturated heterocycles. The van der Waals surface area contributed by atoms with E-state index in [1.165, 1.54) is 19.1 Å². The van der Waals surface area contributed by atoms with E-state index in [4.69, 9.17) is 5.11 Å². The zero-order valence-electron chi connectivity index (χ0n) is 10.4. The second kappa shape index (κ2) is 5.33. The van der Waals surface area contributed by atoms with Crippen molar-refractivity contribution in [3.63, 3.8) is 0 Å². The highest BCUT2D eigenvalue weighted by Crippen LogP contribution is 2.37. The van der Waals surface area contributed by atoms with E-state index in [2.05, 4.69) is 0 Å². The molecule has 2 N–H and O–H groups in total. The van der Waals surface area contributed by atoms with Crippen LogP contribution in [-0.4, -0.2) is 16.2 Å². The maximum absolute atomic E-state index is 12.8. The molecular formula is C13H16F2O3. The van der Waals surface area contributed by atoms with Gasteiger partial charge in [0.2, 0.25) is 0 Å². The molecule has 0 aliphatic rings. The van der Waals surface area contributed by atoms with Crippen molar-refractivity contribution in [3.05, 3.63) is 28.8 Å². The zero-order chi connectivity index (χ0) is 14.0. The molecule has 100 valence electrons. The van der Waals surface area contributed by atoms with Crippen LogP contribution in [-0.2, 0) is 4.79 Å². The Morgan fingerprint density at radius 1 is 1.17 bits per heavy atom. The van der Waals surface area contributed by atoms with Gasteiger partial charge in [-0.1, -0.05) is 19.9 Å². The van der Waals surface area contributed by atoms with Crippen molar-refractivity contribution in [2.24, 2.45) is 0 Å². The van der Waals surface area contributed by atoms with Gasteiger partial charge in [-0.05, 0) is 24.5 Å². The highest BCUT2D eigenvalue weighted by atomic mass is 19.3. The fraction of sp³-hybridized carbons (Fsp3) is 0.462. The molecule has 0 aliphatic carbocycles. The lowest BCUT2D eigenvalue weighted by Crippen LogP contribution is -2.09. The fourth-order valence-electron chi connectivity index (χ4n) is 1.67. The minimum atomic E-state index is -2.83. The summed E-state index contributed by atoms with van der Waals surface area (Å²) in [6, 6.07) is 2.70. The Morgan fingerprint density at radius 2 is 1.67 bits per heavy atom. The van der Waals surface area contributed by atoms with E-state index in [1.54, 1.807) is 0 Å². The van der Waals surface area contributed by atoms with Crippen molar-refractivity contribution in [3.8, 4) is 5.75 Å². The van der Waals surface area contributed by atoms with Gasteiger partial charge in [0.15, 0.2) is 0 Å². The maximum atomic E-state index is 12.8. The molecule has 1 aromatic carbocycles. The van der Waals surface area contributed by atoms with Crippen LogP contribution in [0.1, 0.15) is 55.7 Å². The van der Waals surface area contributed by atoms with Crippen LogP contribution >= 0.6 is 0 Å². The number of aromatic hydroxyl groups is 1. The van der Waals surface area contributed by atoms with Gasteiger partial charge >= 0.3 is 5.97 Å². The lowest BCUT2D eigenvalue weighted by molar-refractivity contribution is -0.138. The van der Waals surface area contributed by atoms with Gasteiger partial charge in [-0.2, -0.15) is 0 Å². The third-order valence-corrected chi connectivity index (χ3v) is 2.93. The van der Waals surface area contributed by atoms with Gasteiger partial charge in [-0.25, -0.2) is 8.78 Å². The Kier molecular flexibility index (Phi) is 4.27. The monoisotopic (exact) mass is 258 g/mol. The third kappa shape index (κ3) is 2.78. The van der Waals surface area contributed by atoms with Crippen molar-refractivity contribution >= 4 is 5.97 Å². The number of rotatable bonds is 4. The molecule has 0 amide bonds. The molecule has 1 rings (SSSR count). The minimum Gasteiger partial charge on any atom is -0.507 e. The van der Waals surface area contributed by atoms with Gasteiger partial charge in [0.05, 0.1) is 11.5 Å². The molecule has 1 atom stereocenters. The highest BCUT2D eigenvalue weighted by molar-refractivity contribution is 5.77. The number of aliphatic carboxylic acids is 1. The van der Waals surface area contributed by atoms with Crippen LogP contribution in [0.5, 0.6) is 5.75 Å². The molecule has 0 aromatic heterocycles. The Balaban J connectivity index is 3.45. The second-order valence-electron chi connectivity index (χ2n) is 4.56. The molecule has 0 saturated carbocycles. The molecule has 0 aliphatic heterocycles. The Hall–Kier alpha value is -1.65. The van der Waals surface area contributed by atoms with E-state index in [0.29, 0.717) is 5.56 Å². The first-order valence-electron chi connectivity index (χ1n) is 5.63. The van der Waals surface area contributed by atoms with Crippen LogP contribution in [0.4, 0.5) is 8.78 Å². The molecule has 0 bridgehead atoms. The van der Waals surface area contributed by atoms with Crippen molar-refractivity contribution in [1.82, 2.24) is 0 Å². The highest BCUT2D eigenvalue weighted by Gasteiger charge is 2.24. The van der Waals surface area contributed by atoms with E-state index in [-0.39, 0.29) is 11.5 Å². The van der Waals surface area contributed by atoms with Gasteiger partial charge in [0.25, 0.3) is 6.43 Å². The Morgan fingerprint density at radius 3 is 2.06 bits per heavy atom. The number of hydrogen-bond acceptors (Lipinski definition) is 2. The number of alkyl halides is 2. The molecule has 0 fully saturated rings. The van der Waals surface area contributed by atoms with Crippen LogP contribution in [0.25, 0.3) is 0 Å². The van der Waals surface area contributed by atoms with Crippen LogP contribution in [0, 0.1) is 0 Å². The van der Waals surface area contributed by atoms with Gasteiger partial charge in [-0.15, -0.1) is 0 Å². The smallest absolute Gasteiger partial charge is 0.310 e. The molecule has 5 heteroatoms. The molecule has 0 radical (unpaired) electrons. The molecular weight excluding hydrogens is 242 g/mol. The summed E-state index contributed by atoms with van der Waals surface area (Å²) in [6.07, 6.45) is -2.83. The number of hydrogen-bond donors (Lipinski definition) is 2. The van der Waals surface area contributed by atoms with Crippen LogP contribution in [0.15, 0.2) is 12.1 Å². The summed E-state index contributed by atoms with van der Waals surface area (Å²) in [6.45, 7) is 4.99. The number of benzene rings is 1. The summed E-state index contributed by atoms with van der Waals surface area (Å²) in [5.41, 5.74) is 0.111. The van der Waals surface area contributed by atoms with E-state index >= 15 is 0 Å². The van der Waals surface area contributed by atoms with Crippen molar-refractivity contribution in [2.75, 3.05) is 0 Å². The first-order chi connectivity index (χ1) is 8.25. The normalized spacial score (nSPS) is 13.1. The Bertz CT molecular complexity index is 456. The standard InChI is InChI=1S/C13H16F2O3/c1-6(2)8-4-9(7(3)13(17)18)11(16)10(5-8)12(14)15/h4-7,12,16H,1-3H3,(H,17,18). The van der Waals surface area contributed by atoms with E-state index in [1.807, 2.05) is 13.8 Å². The topological polar surface area (TPSA) is 57.5 Å². The first kappa shape index (κ1) is 14.4. The fourth-order valence-corrected chi connectivity index (χ4v) is 1.67. The van der Waals surface area contributed by atoms with Crippen LogP contribution in [0.2, 0.25) is 0 Å². The summed E-state index contributed by atoms with van der Waals surface area (Å²) >= 11 is 0. The average Bonchev–Trinajstić information content (AvgIpc) is 2.27. The number of carbonyl (C=O) groups is 1. The lowest BCUT2D eigenvalue weighted by Gasteiger charge is -2.16. The SMILES string of the molecule is CC(C)c1cc(C(F)F)c(O)c(C(C)C(=O)O)c1. The number of phenols is 1. The van der Waals surface area contributed by atoms with Gasteiger partial charge < -0.3 is 10.2 Å². The summed E-state index contributed by atoms with van der Waals surface area (Å²) in [4.78, 5) is 10.9. The largest absolute Gasteiger partial charge is 0.507 e.